The molecule has 1 heterocycles. The Morgan fingerprint density at radius 3 is 2.47 bits per heavy atom. The Morgan fingerprint density at radius 2 is 1.88 bits per heavy atom. The van der Waals surface area contributed by atoms with E-state index in [1.54, 1.807) is 31.2 Å². The SMILES string of the molecule is CCCCOc1ccc(/C=C(\C#N)C(=O)Nc2ccc(S(=O)(=O)Nc3cc(C)on3)cc2)cc1. The number of aromatic nitrogens is 1. The van der Waals surface area contributed by atoms with Crippen LogP contribution in [-0.2, 0) is 14.8 Å². The molecule has 0 bridgehead atoms. The predicted molar refractivity (Wildman–Crippen MR) is 128 cm³/mol. The molecule has 0 unspecified atom stereocenters. The van der Waals surface area contributed by atoms with Crippen LogP contribution in [0, 0.1) is 18.3 Å². The number of unbranched alkanes of at least 4 members (excludes halogenated alkanes) is 1. The second-order valence-electron chi connectivity index (χ2n) is 7.35. The minimum absolute atomic E-state index is 0.0246. The minimum Gasteiger partial charge on any atom is -0.494 e. The van der Waals surface area contributed by atoms with Crippen molar-refractivity contribution in [2.75, 3.05) is 16.6 Å². The third-order valence-electron chi connectivity index (χ3n) is 4.61. The van der Waals surface area contributed by atoms with Crippen LogP contribution in [0.5, 0.6) is 5.75 Å². The number of nitrogens with zero attached hydrogens (tertiary/aromatic N) is 2. The average Bonchev–Trinajstić information content (AvgIpc) is 3.22. The zero-order chi connectivity index (χ0) is 24.6. The molecule has 0 saturated carbocycles. The molecule has 176 valence electrons. The normalized spacial score (nSPS) is 11.5. The fraction of sp³-hybridized carbons (Fsp3) is 0.208. The first kappa shape index (κ1) is 24.5. The van der Waals surface area contributed by atoms with Gasteiger partial charge in [-0.05, 0) is 61.4 Å². The molecule has 3 aromatic rings. The van der Waals surface area contributed by atoms with Crippen molar-refractivity contribution < 1.29 is 22.5 Å². The number of ether oxygens (including phenoxy) is 1. The minimum atomic E-state index is -3.88. The van der Waals surface area contributed by atoms with E-state index in [1.165, 1.54) is 36.4 Å². The van der Waals surface area contributed by atoms with Gasteiger partial charge < -0.3 is 14.6 Å². The third-order valence-corrected chi connectivity index (χ3v) is 5.98. The lowest BCUT2D eigenvalue weighted by Crippen LogP contribution is -2.15. The molecule has 0 aliphatic carbocycles. The van der Waals surface area contributed by atoms with Gasteiger partial charge >= 0.3 is 0 Å². The predicted octanol–water partition coefficient (Wildman–Crippen LogP) is 4.51. The lowest BCUT2D eigenvalue weighted by molar-refractivity contribution is -0.112. The zero-order valence-electron chi connectivity index (χ0n) is 18.7. The van der Waals surface area contributed by atoms with Gasteiger partial charge in [0, 0.05) is 11.8 Å². The monoisotopic (exact) mass is 480 g/mol. The van der Waals surface area contributed by atoms with Gasteiger partial charge in [-0.2, -0.15) is 5.26 Å². The van der Waals surface area contributed by atoms with Gasteiger partial charge in [0.05, 0.1) is 11.5 Å². The van der Waals surface area contributed by atoms with Crippen molar-refractivity contribution in [2.24, 2.45) is 0 Å². The molecule has 0 fully saturated rings. The van der Waals surface area contributed by atoms with Crippen LogP contribution < -0.4 is 14.8 Å². The summed E-state index contributed by atoms with van der Waals surface area (Å²) in [6, 6.07) is 15.9. The van der Waals surface area contributed by atoms with E-state index in [-0.39, 0.29) is 16.3 Å². The number of carbonyl (C=O) groups excluding carboxylic acids is 1. The highest BCUT2D eigenvalue weighted by Crippen LogP contribution is 2.19. The highest BCUT2D eigenvalue weighted by Gasteiger charge is 2.17. The van der Waals surface area contributed by atoms with Crippen LogP contribution in [0.2, 0.25) is 0 Å². The van der Waals surface area contributed by atoms with Crippen LogP contribution in [-0.4, -0.2) is 26.1 Å². The van der Waals surface area contributed by atoms with Crippen molar-refractivity contribution in [2.45, 2.75) is 31.6 Å². The van der Waals surface area contributed by atoms with E-state index in [2.05, 4.69) is 22.1 Å². The van der Waals surface area contributed by atoms with E-state index in [9.17, 15) is 18.5 Å². The first-order chi connectivity index (χ1) is 16.3. The highest BCUT2D eigenvalue weighted by atomic mass is 32.2. The number of nitrogens with one attached hydrogen (secondary N) is 2. The Bertz CT molecular complexity index is 1300. The number of hydrogen-bond acceptors (Lipinski definition) is 7. The molecule has 0 aliphatic rings. The molecule has 0 atom stereocenters. The number of aryl methyl sites for hydroxylation is 1. The second kappa shape index (κ2) is 11.2. The Hall–Kier alpha value is -4.10. The van der Waals surface area contributed by atoms with E-state index in [1.807, 2.05) is 6.07 Å². The number of amides is 1. The van der Waals surface area contributed by atoms with Crippen molar-refractivity contribution in [3.05, 3.63) is 71.5 Å². The van der Waals surface area contributed by atoms with Gasteiger partial charge in [-0.25, -0.2) is 8.42 Å². The summed E-state index contributed by atoms with van der Waals surface area (Å²) < 4.78 is 37.7. The molecule has 9 nitrogen and oxygen atoms in total. The lowest BCUT2D eigenvalue weighted by Gasteiger charge is -2.08. The van der Waals surface area contributed by atoms with Crippen LogP contribution in [0.25, 0.3) is 6.08 Å². The first-order valence-electron chi connectivity index (χ1n) is 10.5. The summed E-state index contributed by atoms with van der Waals surface area (Å²) in [5.41, 5.74) is 0.909. The van der Waals surface area contributed by atoms with Crippen LogP contribution in [0.4, 0.5) is 11.5 Å². The van der Waals surface area contributed by atoms with Crippen molar-refractivity contribution in [3.8, 4) is 11.8 Å². The Kier molecular flexibility index (Phi) is 8.05. The molecule has 3 rings (SSSR count). The first-order valence-corrected chi connectivity index (χ1v) is 12.0. The van der Waals surface area contributed by atoms with E-state index >= 15 is 0 Å². The summed E-state index contributed by atoms with van der Waals surface area (Å²) in [6.07, 6.45) is 3.47. The zero-order valence-corrected chi connectivity index (χ0v) is 19.6. The van der Waals surface area contributed by atoms with Crippen molar-refractivity contribution in [1.82, 2.24) is 5.16 Å². The fourth-order valence-corrected chi connectivity index (χ4v) is 3.82. The lowest BCUT2D eigenvalue weighted by atomic mass is 10.1. The van der Waals surface area contributed by atoms with Crippen molar-refractivity contribution in [1.29, 1.82) is 5.26 Å². The maximum Gasteiger partial charge on any atom is 0.266 e. The van der Waals surface area contributed by atoms with Crippen LogP contribution in [0.1, 0.15) is 31.1 Å². The number of anilines is 2. The largest absolute Gasteiger partial charge is 0.494 e. The van der Waals surface area contributed by atoms with Gasteiger partial charge in [0.2, 0.25) is 0 Å². The molecule has 1 aromatic heterocycles. The standard InChI is InChI=1S/C24H24N4O5S/c1-3-4-13-32-21-9-5-18(6-10-21)15-19(16-25)24(29)26-20-7-11-22(12-8-20)34(30,31)28-23-14-17(2)33-27-23/h5-12,14-15H,3-4,13H2,1-2H3,(H,26,29)(H,27,28)/b19-15+. The van der Waals surface area contributed by atoms with Gasteiger partial charge in [-0.1, -0.05) is 30.6 Å². The molecule has 10 heteroatoms. The van der Waals surface area contributed by atoms with E-state index < -0.39 is 15.9 Å². The number of sulfonamides is 1. The van der Waals surface area contributed by atoms with Crippen LogP contribution in [0.15, 0.2) is 69.6 Å². The van der Waals surface area contributed by atoms with E-state index in [0.717, 1.165) is 18.6 Å². The summed E-state index contributed by atoms with van der Waals surface area (Å²) in [6.45, 7) is 4.36. The number of nitriles is 1. The van der Waals surface area contributed by atoms with Gasteiger partial charge in [0.1, 0.15) is 23.2 Å². The summed E-state index contributed by atoms with van der Waals surface area (Å²) >= 11 is 0. The van der Waals surface area contributed by atoms with Crippen LogP contribution in [0.3, 0.4) is 0 Å². The number of rotatable bonds is 10. The molecule has 34 heavy (non-hydrogen) atoms. The van der Waals surface area contributed by atoms with Gasteiger partial charge in [-0.3, -0.25) is 9.52 Å². The molecule has 2 aromatic carbocycles. The Labute approximate surface area is 198 Å². The number of hydrogen-bond donors (Lipinski definition) is 2. The molecule has 1 amide bonds. The summed E-state index contributed by atoms with van der Waals surface area (Å²) in [5, 5.41) is 15.6. The van der Waals surface area contributed by atoms with E-state index in [0.29, 0.717) is 23.6 Å². The summed E-state index contributed by atoms with van der Waals surface area (Å²) in [4.78, 5) is 12.5. The van der Waals surface area contributed by atoms with Crippen molar-refractivity contribution >= 4 is 33.5 Å². The van der Waals surface area contributed by atoms with Crippen molar-refractivity contribution in [3.63, 3.8) is 0 Å². The quantitative estimate of drug-likeness (QED) is 0.248. The third kappa shape index (κ3) is 6.70. The Balaban J connectivity index is 1.65. The maximum absolute atomic E-state index is 12.5. The molecular weight excluding hydrogens is 456 g/mol. The maximum atomic E-state index is 12.5. The molecular formula is C24H24N4O5S. The molecule has 0 spiro atoms. The average molecular weight is 481 g/mol. The number of carbonyl (C=O) groups is 1. The molecule has 2 N–H and O–H groups in total. The molecule has 0 aliphatic heterocycles. The van der Waals surface area contributed by atoms with E-state index in [4.69, 9.17) is 9.26 Å². The molecule has 0 saturated heterocycles. The molecule has 0 radical (unpaired) electrons. The van der Waals surface area contributed by atoms with Gasteiger partial charge in [0.25, 0.3) is 15.9 Å². The van der Waals surface area contributed by atoms with Gasteiger partial charge in [0.15, 0.2) is 5.82 Å². The fourth-order valence-electron chi connectivity index (χ4n) is 2.84. The second-order valence-corrected chi connectivity index (χ2v) is 9.03. The van der Waals surface area contributed by atoms with Gasteiger partial charge in [-0.15, -0.1) is 0 Å². The van der Waals surface area contributed by atoms with Crippen LogP contribution >= 0.6 is 0 Å². The highest BCUT2D eigenvalue weighted by molar-refractivity contribution is 7.92. The topological polar surface area (TPSA) is 134 Å². The summed E-state index contributed by atoms with van der Waals surface area (Å²) in [5.74, 6) is 0.641. The number of benzene rings is 2. The smallest absolute Gasteiger partial charge is 0.266 e. The Morgan fingerprint density at radius 1 is 1.18 bits per heavy atom. The summed E-state index contributed by atoms with van der Waals surface area (Å²) in [7, 11) is -3.88.